The van der Waals surface area contributed by atoms with E-state index in [9.17, 15) is 10.5 Å². The zero-order valence-electron chi connectivity index (χ0n) is 11.4. The highest BCUT2D eigenvalue weighted by Crippen LogP contribution is 2.51. The standard InChI is InChI=1S/C15H18N4S/c1-2-8-20-14-12(10-17)15(6-4-3-5-7-15)11(9-16)13(18)19-14/h2,19H,1,3-8,18H2. The van der Waals surface area contributed by atoms with E-state index in [0.29, 0.717) is 22.7 Å². The SMILES string of the molecule is C=CCSC1=C(C#N)C2(CCCCC2)C(C#N)=C(N)N1. The zero-order valence-corrected chi connectivity index (χ0v) is 12.2. The number of rotatable bonds is 3. The maximum atomic E-state index is 9.62. The van der Waals surface area contributed by atoms with Gasteiger partial charge in [-0.2, -0.15) is 10.5 Å². The van der Waals surface area contributed by atoms with Crippen molar-refractivity contribution in [3.05, 3.63) is 34.7 Å². The predicted molar refractivity (Wildman–Crippen MR) is 80.8 cm³/mol. The van der Waals surface area contributed by atoms with Crippen molar-refractivity contribution in [1.82, 2.24) is 5.32 Å². The summed E-state index contributed by atoms with van der Waals surface area (Å²) < 4.78 is 0. The molecule has 0 amide bonds. The van der Waals surface area contributed by atoms with Crippen LogP contribution in [-0.2, 0) is 0 Å². The third-order valence-electron chi connectivity index (χ3n) is 3.98. The highest BCUT2D eigenvalue weighted by molar-refractivity contribution is 8.03. The van der Waals surface area contributed by atoms with Crippen molar-refractivity contribution in [2.45, 2.75) is 32.1 Å². The Balaban J connectivity index is 2.52. The molecule has 0 unspecified atom stereocenters. The van der Waals surface area contributed by atoms with Crippen molar-refractivity contribution in [2.24, 2.45) is 11.1 Å². The largest absolute Gasteiger partial charge is 0.384 e. The number of nitrogens with one attached hydrogen (secondary N) is 1. The summed E-state index contributed by atoms with van der Waals surface area (Å²) in [4.78, 5) is 0. The van der Waals surface area contributed by atoms with Crippen LogP contribution >= 0.6 is 11.8 Å². The third kappa shape index (κ3) is 2.30. The summed E-state index contributed by atoms with van der Waals surface area (Å²) >= 11 is 1.52. The number of nitrogens with zero attached hydrogens (tertiary/aromatic N) is 2. The van der Waals surface area contributed by atoms with E-state index >= 15 is 0 Å². The van der Waals surface area contributed by atoms with Gasteiger partial charge in [0, 0.05) is 11.2 Å². The van der Waals surface area contributed by atoms with Crippen LogP contribution in [-0.4, -0.2) is 5.75 Å². The van der Waals surface area contributed by atoms with Gasteiger partial charge in [-0.1, -0.05) is 25.3 Å². The fourth-order valence-corrected chi connectivity index (χ4v) is 3.93. The first kappa shape index (κ1) is 14.6. The first-order chi connectivity index (χ1) is 9.69. The number of nitrogens with two attached hydrogens (primary N) is 1. The highest BCUT2D eigenvalue weighted by Gasteiger charge is 2.45. The second kappa shape index (κ2) is 6.07. The monoisotopic (exact) mass is 286 g/mol. The average molecular weight is 286 g/mol. The minimum Gasteiger partial charge on any atom is -0.384 e. The Kier molecular flexibility index (Phi) is 4.42. The molecule has 1 aliphatic heterocycles. The Hall–Kier alpha value is -1.85. The van der Waals surface area contributed by atoms with Gasteiger partial charge in [-0.3, -0.25) is 0 Å². The number of nitriles is 2. The van der Waals surface area contributed by atoms with Crippen LogP contribution in [0, 0.1) is 28.1 Å². The lowest BCUT2D eigenvalue weighted by Crippen LogP contribution is -2.39. The van der Waals surface area contributed by atoms with Gasteiger partial charge in [0.2, 0.25) is 0 Å². The van der Waals surface area contributed by atoms with E-state index in [1.54, 1.807) is 6.08 Å². The van der Waals surface area contributed by atoms with Crippen molar-refractivity contribution >= 4 is 11.8 Å². The van der Waals surface area contributed by atoms with Crippen molar-refractivity contribution in [3.8, 4) is 12.1 Å². The molecular formula is C15H18N4S. The van der Waals surface area contributed by atoms with Gasteiger partial charge in [-0.05, 0) is 12.8 Å². The lowest BCUT2D eigenvalue weighted by molar-refractivity contribution is 0.294. The molecule has 0 atom stereocenters. The molecule has 0 bridgehead atoms. The Morgan fingerprint density at radius 1 is 1.25 bits per heavy atom. The van der Waals surface area contributed by atoms with Gasteiger partial charge >= 0.3 is 0 Å². The van der Waals surface area contributed by atoms with Crippen LogP contribution < -0.4 is 11.1 Å². The average Bonchev–Trinajstić information content (AvgIpc) is 2.46. The number of hydrogen-bond acceptors (Lipinski definition) is 5. The molecule has 0 aromatic heterocycles. The van der Waals surface area contributed by atoms with E-state index < -0.39 is 5.41 Å². The molecule has 1 heterocycles. The molecule has 0 saturated heterocycles. The van der Waals surface area contributed by atoms with E-state index in [0.717, 1.165) is 37.1 Å². The molecule has 20 heavy (non-hydrogen) atoms. The lowest BCUT2D eigenvalue weighted by Gasteiger charge is -2.40. The second-order valence-electron chi connectivity index (χ2n) is 5.08. The van der Waals surface area contributed by atoms with Gasteiger partial charge in [0.1, 0.15) is 5.82 Å². The third-order valence-corrected chi connectivity index (χ3v) is 4.98. The number of allylic oxidation sites excluding steroid dienone is 2. The maximum absolute atomic E-state index is 9.62. The van der Waals surface area contributed by atoms with Crippen LogP contribution in [0.1, 0.15) is 32.1 Å². The molecule has 2 rings (SSSR count). The molecule has 0 radical (unpaired) electrons. The molecule has 5 heteroatoms. The summed E-state index contributed by atoms with van der Waals surface area (Å²) in [6, 6.07) is 4.56. The molecular weight excluding hydrogens is 268 g/mol. The predicted octanol–water partition coefficient (Wildman–Crippen LogP) is 2.89. The van der Waals surface area contributed by atoms with Gasteiger partial charge in [0.25, 0.3) is 0 Å². The van der Waals surface area contributed by atoms with Crippen LogP contribution in [0.15, 0.2) is 34.7 Å². The van der Waals surface area contributed by atoms with E-state index in [1.807, 2.05) is 0 Å². The molecule has 0 aromatic carbocycles. The van der Waals surface area contributed by atoms with Crippen LogP contribution in [0.25, 0.3) is 0 Å². The first-order valence-electron chi connectivity index (χ1n) is 6.75. The molecule has 104 valence electrons. The zero-order chi connectivity index (χ0) is 14.6. The van der Waals surface area contributed by atoms with Crippen molar-refractivity contribution < 1.29 is 0 Å². The molecule has 3 N–H and O–H groups in total. The molecule has 1 saturated carbocycles. The minimum absolute atomic E-state index is 0.403. The molecule has 1 aliphatic carbocycles. The number of hydrogen-bond donors (Lipinski definition) is 2. The Labute approximate surface area is 124 Å². The van der Waals surface area contributed by atoms with Crippen LogP contribution in [0.5, 0.6) is 0 Å². The summed E-state index contributed by atoms with van der Waals surface area (Å²) in [7, 11) is 0. The van der Waals surface area contributed by atoms with Gasteiger partial charge < -0.3 is 11.1 Å². The maximum Gasteiger partial charge on any atom is 0.116 e. The van der Waals surface area contributed by atoms with Gasteiger partial charge in [0.05, 0.1) is 28.3 Å². The topological polar surface area (TPSA) is 85.6 Å². The van der Waals surface area contributed by atoms with Gasteiger partial charge in [-0.15, -0.1) is 18.3 Å². The number of dihydropyridines is 1. The quantitative estimate of drug-likeness (QED) is 0.779. The highest BCUT2D eigenvalue weighted by atomic mass is 32.2. The summed E-state index contributed by atoms with van der Waals surface area (Å²) in [5.41, 5.74) is 6.78. The summed E-state index contributed by atoms with van der Waals surface area (Å²) in [6.45, 7) is 3.70. The van der Waals surface area contributed by atoms with Crippen molar-refractivity contribution in [3.63, 3.8) is 0 Å². The van der Waals surface area contributed by atoms with E-state index in [1.165, 1.54) is 11.8 Å². The Morgan fingerprint density at radius 3 is 2.45 bits per heavy atom. The lowest BCUT2D eigenvalue weighted by atomic mass is 9.64. The fraction of sp³-hybridized carbons (Fsp3) is 0.467. The Morgan fingerprint density at radius 2 is 1.90 bits per heavy atom. The second-order valence-corrected chi connectivity index (χ2v) is 6.11. The molecule has 1 spiro atoms. The summed E-state index contributed by atoms with van der Waals surface area (Å²) in [5.74, 6) is 1.11. The normalized spacial score (nSPS) is 21.1. The van der Waals surface area contributed by atoms with Crippen LogP contribution in [0.3, 0.4) is 0 Å². The van der Waals surface area contributed by atoms with E-state index in [4.69, 9.17) is 5.73 Å². The van der Waals surface area contributed by atoms with E-state index in [2.05, 4.69) is 24.0 Å². The van der Waals surface area contributed by atoms with Crippen LogP contribution in [0.2, 0.25) is 0 Å². The Bertz CT molecular complexity index is 553. The number of thioether (sulfide) groups is 1. The van der Waals surface area contributed by atoms with Gasteiger partial charge in [-0.25, -0.2) is 0 Å². The fourth-order valence-electron chi connectivity index (χ4n) is 3.08. The molecule has 1 fully saturated rings. The minimum atomic E-state index is -0.472. The smallest absolute Gasteiger partial charge is 0.116 e. The van der Waals surface area contributed by atoms with E-state index in [-0.39, 0.29) is 0 Å². The first-order valence-corrected chi connectivity index (χ1v) is 7.74. The molecule has 0 aromatic rings. The summed E-state index contributed by atoms with van der Waals surface area (Å²) in [5, 5.41) is 22.9. The van der Waals surface area contributed by atoms with Crippen molar-refractivity contribution in [2.75, 3.05) is 5.75 Å². The van der Waals surface area contributed by atoms with Crippen molar-refractivity contribution in [1.29, 1.82) is 10.5 Å². The van der Waals surface area contributed by atoms with Gasteiger partial charge in [0.15, 0.2) is 0 Å². The molecule has 2 aliphatic rings. The summed E-state index contributed by atoms with van der Waals surface area (Å²) in [6.07, 6.45) is 6.67. The molecule has 4 nitrogen and oxygen atoms in total. The van der Waals surface area contributed by atoms with Crippen LogP contribution in [0.4, 0.5) is 0 Å².